The van der Waals surface area contributed by atoms with E-state index in [1.54, 1.807) is 6.07 Å². The summed E-state index contributed by atoms with van der Waals surface area (Å²) in [5.74, 6) is 0. The van der Waals surface area contributed by atoms with Crippen LogP contribution in [0.5, 0.6) is 0 Å². The molecule has 86 valence electrons. The molecule has 0 saturated carbocycles. The van der Waals surface area contributed by atoms with Crippen molar-refractivity contribution in [3.8, 4) is 0 Å². The van der Waals surface area contributed by atoms with E-state index in [1.165, 1.54) is 12.1 Å². The molecule has 1 aromatic rings. The summed E-state index contributed by atoms with van der Waals surface area (Å²) >= 11 is 1.95. The average Bonchev–Trinajstić information content (AvgIpc) is 2.97. The summed E-state index contributed by atoms with van der Waals surface area (Å²) in [5.41, 5.74) is 3.95. The lowest BCUT2D eigenvalue weighted by atomic mass is 10.0. The molecule has 1 aromatic carbocycles. The summed E-state index contributed by atoms with van der Waals surface area (Å²) in [7, 11) is 0. The smallest absolute Gasteiger partial charge is 0.326 e. The number of halogens is 4. The molecule has 0 amide bonds. The zero-order chi connectivity index (χ0) is 12.0. The maximum atomic E-state index is 12.7. The molecular formula is C9H7F3IN3. The summed E-state index contributed by atoms with van der Waals surface area (Å²) in [5, 5.41) is 6.27. The number of nitrogens with zero attached hydrogens (tertiary/aromatic N) is 2. The first-order valence-electron chi connectivity index (χ1n) is 4.40. The van der Waals surface area contributed by atoms with Crippen molar-refractivity contribution in [3.63, 3.8) is 0 Å². The van der Waals surface area contributed by atoms with Gasteiger partial charge in [-0.15, -0.1) is 10.2 Å². The van der Waals surface area contributed by atoms with Crippen LogP contribution in [0.2, 0.25) is 0 Å². The molecule has 0 fully saturated rings. The Morgan fingerprint density at radius 1 is 1.31 bits per heavy atom. The van der Waals surface area contributed by atoms with Gasteiger partial charge in [-0.05, 0) is 34.2 Å². The Labute approximate surface area is 103 Å². The van der Waals surface area contributed by atoms with Gasteiger partial charge in [-0.25, -0.2) is 0 Å². The lowest BCUT2D eigenvalue weighted by Crippen LogP contribution is -2.30. The summed E-state index contributed by atoms with van der Waals surface area (Å²) < 4.78 is 38.7. The van der Waals surface area contributed by atoms with E-state index >= 15 is 0 Å². The minimum absolute atomic E-state index is 0.0431. The first-order valence-corrected chi connectivity index (χ1v) is 5.48. The molecule has 0 saturated heterocycles. The number of nitrogens with two attached hydrogens (primary N) is 1. The Bertz CT molecular complexity index is 450. The fourth-order valence-electron chi connectivity index (χ4n) is 1.37. The van der Waals surface area contributed by atoms with Crippen LogP contribution in [0.25, 0.3) is 0 Å². The Morgan fingerprint density at radius 3 is 2.31 bits per heavy atom. The van der Waals surface area contributed by atoms with E-state index in [1.807, 2.05) is 22.6 Å². The number of benzene rings is 1. The van der Waals surface area contributed by atoms with Crippen LogP contribution in [0.1, 0.15) is 11.1 Å². The molecule has 16 heavy (non-hydrogen) atoms. The van der Waals surface area contributed by atoms with Crippen LogP contribution in [0.15, 0.2) is 28.4 Å². The highest BCUT2D eigenvalue weighted by Crippen LogP contribution is 2.52. The summed E-state index contributed by atoms with van der Waals surface area (Å²) in [4.78, 5) is 0. The molecule has 2 N–H and O–H groups in total. The van der Waals surface area contributed by atoms with Crippen molar-refractivity contribution in [3.05, 3.63) is 32.9 Å². The molecule has 0 bridgehead atoms. The van der Waals surface area contributed by atoms with Crippen molar-refractivity contribution in [2.75, 3.05) is 0 Å². The van der Waals surface area contributed by atoms with Gasteiger partial charge in [0.25, 0.3) is 0 Å². The predicted octanol–water partition coefficient (Wildman–Crippen LogP) is 2.93. The zero-order valence-electron chi connectivity index (χ0n) is 7.92. The molecule has 1 aliphatic rings. The van der Waals surface area contributed by atoms with Crippen molar-refractivity contribution >= 4 is 22.6 Å². The second kappa shape index (κ2) is 3.66. The van der Waals surface area contributed by atoms with Crippen LogP contribution < -0.4 is 5.73 Å². The Hall–Kier alpha value is -0.700. The highest BCUT2D eigenvalue weighted by atomic mass is 127. The Kier molecular flexibility index (Phi) is 2.69. The van der Waals surface area contributed by atoms with Gasteiger partial charge in [-0.1, -0.05) is 12.1 Å². The SMILES string of the molecule is NCc1ccc(C2(C(F)(F)F)N=N2)cc1I. The lowest BCUT2D eigenvalue weighted by Gasteiger charge is -2.15. The van der Waals surface area contributed by atoms with Crippen LogP contribution >= 0.6 is 22.6 Å². The highest BCUT2D eigenvalue weighted by molar-refractivity contribution is 14.1. The van der Waals surface area contributed by atoms with E-state index in [4.69, 9.17) is 5.73 Å². The van der Waals surface area contributed by atoms with Crippen LogP contribution in [0.4, 0.5) is 13.2 Å². The first-order chi connectivity index (χ1) is 7.40. The molecule has 7 heteroatoms. The van der Waals surface area contributed by atoms with Crippen molar-refractivity contribution in [2.45, 2.75) is 18.4 Å². The molecule has 0 unspecified atom stereocenters. The van der Waals surface area contributed by atoms with Gasteiger partial charge < -0.3 is 5.73 Å². The standard InChI is InChI=1S/C9H7F3IN3/c10-9(11,12)8(15-16-8)6-2-1-5(4-14)7(13)3-6/h1-3H,4,14H2. The van der Waals surface area contributed by atoms with Gasteiger partial charge >= 0.3 is 11.8 Å². The monoisotopic (exact) mass is 341 g/mol. The lowest BCUT2D eigenvalue weighted by molar-refractivity contribution is -0.166. The summed E-state index contributed by atoms with van der Waals surface area (Å²) in [6.07, 6.45) is -4.47. The fraction of sp³-hybridized carbons (Fsp3) is 0.333. The molecule has 2 rings (SSSR count). The molecule has 0 radical (unpaired) electrons. The number of alkyl halides is 3. The van der Waals surface area contributed by atoms with Crippen LogP contribution in [0, 0.1) is 3.57 Å². The molecular weight excluding hydrogens is 334 g/mol. The minimum Gasteiger partial charge on any atom is -0.326 e. The maximum absolute atomic E-state index is 12.7. The normalized spacial score (nSPS) is 17.6. The van der Waals surface area contributed by atoms with Crippen molar-refractivity contribution in [1.29, 1.82) is 0 Å². The quantitative estimate of drug-likeness (QED) is 0.827. The fourth-order valence-corrected chi connectivity index (χ4v) is 2.11. The largest absolute Gasteiger partial charge is 0.442 e. The minimum atomic E-state index is -4.47. The van der Waals surface area contributed by atoms with Crippen LogP contribution in [-0.2, 0) is 12.2 Å². The van der Waals surface area contributed by atoms with Gasteiger partial charge in [-0.2, -0.15) is 13.2 Å². The van der Waals surface area contributed by atoms with Crippen molar-refractivity contribution in [1.82, 2.24) is 0 Å². The van der Waals surface area contributed by atoms with Crippen LogP contribution in [-0.4, -0.2) is 6.18 Å². The molecule has 0 spiro atoms. The molecule has 0 atom stereocenters. The maximum Gasteiger partial charge on any atom is 0.442 e. The number of hydrogen-bond donors (Lipinski definition) is 1. The number of rotatable bonds is 2. The molecule has 1 aliphatic heterocycles. The topological polar surface area (TPSA) is 50.7 Å². The summed E-state index contributed by atoms with van der Waals surface area (Å²) in [6, 6.07) is 4.38. The van der Waals surface area contributed by atoms with E-state index in [-0.39, 0.29) is 5.56 Å². The van der Waals surface area contributed by atoms with E-state index in [9.17, 15) is 13.2 Å². The Balaban J connectivity index is 2.40. The van der Waals surface area contributed by atoms with Crippen molar-refractivity contribution in [2.24, 2.45) is 16.0 Å². The molecule has 1 heterocycles. The van der Waals surface area contributed by atoms with E-state index in [0.717, 1.165) is 5.56 Å². The van der Waals surface area contributed by atoms with Gasteiger partial charge in [0.05, 0.1) is 0 Å². The van der Waals surface area contributed by atoms with Gasteiger partial charge in [-0.3, -0.25) is 0 Å². The van der Waals surface area contributed by atoms with Gasteiger partial charge in [0.15, 0.2) is 0 Å². The van der Waals surface area contributed by atoms with E-state index < -0.39 is 11.8 Å². The number of hydrogen-bond acceptors (Lipinski definition) is 3. The third-order valence-corrected chi connectivity index (χ3v) is 3.38. The third-order valence-electron chi connectivity index (χ3n) is 2.37. The van der Waals surface area contributed by atoms with E-state index in [2.05, 4.69) is 10.2 Å². The Morgan fingerprint density at radius 2 is 1.94 bits per heavy atom. The molecule has 3 nitrogen and oxygen atoms in total. The van der Waals surface area contributed by atoms with Gasteiger partial charge in [0.1, 0.15) is 0 Å². The van der Waals surface area contributed by atoms with Gasteiger partial charge in [0, 0.05) is 15.7 Å². The molecule has 0 aromatic heterocycles. The second-order valence-electron chi connectivity index (χ2n) is 3.38. The summed E-state index contributed by atoms with van der Waals surface area (Å²) in [6.45, 7) is 0.297. The average molecular weight is 341 g/mol. The van der Waals surface area contributed by atoms with E-state index in [0.29, 0.717) is 10.1 Å². The predicted molar refractivity (Wildman–Crippen MR) is 59.6 cm³/mol. The third kappa shape index (κ3) is 1.71. The molecule has 0 aliphatic carbocycles. The second-order valence-corrected chi connectivity index (χ2v) is 4.54. The zero-order valence-corrected chi connectivity index (χ0v) is 10.1. The van der Waals surface area contributed by atoms with Crippen molar-refractivity contribution < 1.29 is 13.2 Å². The first kappa shape index (κ1) is 11.8. The highest BCUT2D eigenvalue weighted by Gasteiger charge is 2.65. The van der Waals surface area contributed by atoms with Crippen LogP contribution in [0.3, 0.4) is 0 Å². The van der Waals surface area contributed by atoms with Gasteiger partial charge in [0.2, 0.25) is 0 Å².